The van der Waals surface area contributed by atoms with Gasteiger partial charge in [-0.25, -0.2) is 0 Å². The molecule has 2 amide bonds. The number of methoxy groups -OCH3 is 2. The molecule has 0 aromatic heterocycles. The van der Waals surface area contributed by atoms with Crippen LogP contribution >= 0.6 is 0 Å². The SMILES string of the molecule is COc1ccc(CC(=O)N2CCC[C@@H]2C(=O)N2CCOCC2)cc1OC. The monoisotopic (exact) mass is 362 g/mol. The molecule has 1 atom stereocenters. The van der Waals surface area contributed by atoms with Crippen LogP contribution in [0.25, 0.3) is 0 Å². The first-order valence-corrected chi connectivity index (χ1v) is 9.01. The number of benzene rings is 1. The van der Waals surface area contributed by atoms with Crippen LogP contribution in [0.1, 0.15) is 18.4 Å². The van der Waals surface area contributed by atoms with Crippen LogP contribution in [0, 0.1) is 0 Å². The van der Waals surface area contributed by atoms with E-state index in [-0.39, 0.29) is 24.3 Å². The second-order valence-electron chi connectivity index (χ2n) is 6.55. The maximum absolute atomic E-state index is 12.8. The summed E-state index contributed by atoms with van der Waals surface area (Å²) in [5, 5.41) is 0. The fourth-order valence-corrected chi connectivity index (χ4v) is 3.58. The molecule has 3 rings (SSSR count). The first kappa shape index (κ1) is 18.5. The van der Waals surface area contributed by atoms with Crippen molar-refractivity contribution in [1.29, 1.82) is 0 Å². The average molecular weight is 362 g/mol. The summed E-state index contributed by atoms with van der Waals surface area (Å²) in [7, 11) is 3.15. The molecular formula is C19H26N2O5. The van der Waals surface area contributed by atoms with Crippen molar-refractivity contribution in [2.24, 2.45) is 0 Å². The zero-order valence-corrected chi connectivity index (χ0v) is 15.4. The number of amides is 2. The number of carbonyl (C=O) groups excluding carboxylic acids is 2. The van der Waals surface area contributed by atoms with Gasteiger partial charge in [0.2, 0.25) is 11.8 Å². The maximum Gasteiger partial charge on any atom is 0.245 e. The lowest BCUT2D eigenvalue weighted by molar-refractivity contribution is -0.146. The number of nitrogens with zero attached hydrogens (tertiary/aromatic N) is 2. The second kappa shape index (κ2) is 8.40. The highest BCUT2D eigenvalue weighted by Crippen LogP contribution is 2.28. The van der Waals surface area contributed by atoms with Gasteiger partial charge in [-0.3, -0.25) is 9.59 Å². The van der Waals surface area contributed by atoms with Crippen LogP contribution in [0.15, 0.2) is 18.2 Å². The summed E-state index contributed by atoms with van der Waals surface area (Å²) >= 11 is 0. The number of ether oxygens (including phenoxy) is 3. The van der Waals surface area contributed by atoms with E-state index in [9.17, 15) is 9.59 Å². The molecule has 0 N–H and O–H groups in total. The van der Waals surface area contributed by atoms with Gasteiger partial charge in [0.15, 0.2) is 11.5 Å². The Labute approximate surface area is 153 Å². The molecular weight excluding hydrogens is 336 g/mol. The van der Waals surface area contributed by atoms with Crippen molar-refractivity contribution >= 4 is 11.8 Å². The molecule has 7 heteroatoms. The van der Waals surface area contributed by atoms with Gasteiger partial charge in [0, 0.05) is 19.6 Å². The van der Waals surface area contributed by atoms with E-state index in [1.54, 1.807) is 25.2 Å². The van der Waals surface area contributed by atoms with E-state index in [1.165, 1.54) is 0 Å². The number of morpholine rings is 1. The fourth-order valence-electron chi connectivity index (χ4n) is 3.58. The van der Waals surface area contributed by atoms with Gasteiger partial charge in [-0.05, 0) is 30.5 Å². The molecule has 26 heavy (non-hydrogen) atoms. The lowest BCUT2D eigenvalue weighted by Gasteiger charge is -2.32. The predicted molar refractivity (Wildman–Crippen MR) is 95.4 cm³/mol. The van der Waals surface area contributed by atoms with Gasteiger partial charge in [-0.2, -0.15) is 0 Å². The van der Waals surface area contributed by atoms with Gasteiger partial charge in [-0.1, -0.05) is 6.07 Å². The highest BCUT2D eigenvalue weighted by atomic mass is 16.5. The molecule has 2 fully saturated rings. The van der Waals surface area contributed by atoms with E-state index < -0.39 is 0 Å². The van der Waals surface area contributed by atoms with Crippen LogP contribution in [0.3, 0.4) is 0 Å². The first-order valence-electron chi connectivity index (χ1n) is 9.01. The maximum atomic E-state index is 12.8. The van der Waals surface area contributed by atoms with Gasteiger partial charge in [0.25, 0.3) is 0 Å². The number of carbonyl (C=O) groups is 2. The minimum atomic E-state index is -0.347. The molecule has 0 aliphatic carbocycles. The molecule has 1 aromatic carbocycles. The van der Waals surface area contributed by atoms with E-state index in [1.807, 2.05) is 17.0 Å². The number of likely N-dealkylation sites (tertiary alicyclic amines) is 1. The number of hydrogen-bond acceptors (Lipinski definition) is 5. The summed E-state index contributed by atoms with van der Waals surface area (Å²) in [6.07, 6.45) is 1.83. The Hall–Kier alpha value is -2.28. The fraction of sp³-hybridized carbons (Fsp3) is 0.579. The standard InChI is InChI=1S/C19H26N2O5/c1-24-16-6-5-14(12-17(16)25-2)13-18(22)21-7-3-4-15(21)19(23)20-8-10-26-11-9-20/h5-6,12,15H,3-4,7-11,13H2,1-2H3/t15-/m1/s1. The van der Waals surface area contributed by atoms with Gasteiger partial charge in [0.1, 0.15) is 6.04 Å². The van der Waals surface area contributed by atoms with E-state index >= 15 is 0 Å². The minimum absolute atomic E-state index is 0.0265. The summed E-state index contributed by atoms with van der Waals surface area (Å²) in [6.45, 7) is 2.98. The van der Waals surface area contributed by atoms with Crippen molar-refractivity contribution in [3.05, 3.63) is 23.8 Å². The summed E-state index contributed by atoms with van der Waals surface area (Å²) < 4.78 is 15.8. The Bertz CT molecular complexity index is 657. The van der Waals surface area contributed by atoms with Crippen LogP contribution in [0.5, 0.6) is 11.5 Å². The van der Waals surface area contributed by atoms with E-state index in [2.05, 4.69) is 0 Å². The zero-order valence-electron chi connectivity index (χ0n) is 15.4. The Morgan fingerprint density at radius 1 is 1.12 bits per heavy atom. The highest BCUT2D eigenvalue weighted by molar-refractivity contribution is 5.89. The minimum Gasteiger partial charge on any atom is -0.493 e. The van der Waals surface area contributed by atoms with Gasteiger partial charge >= 0.3 is 0 Å². The quantitative estimate of drug-likeness (QED) is 0.785. The lowest BCUT2D eigenvalue weighted by Crippen LogP contribution is -2.51. The lowest BCUT2D eigenvalue weighted by atomic mass is 10.1. The molecule has 0 spiro atoms. The Kier molecular flexibility index (Phi) is 5.98. The van der Waals surface area contributed by atoms with Gasteiger partial charge < -0.3 is 24.0 Å². The Balaban J connectivity index is 1.67. The van der Waals surface area contributed by atoms with E-state index in [0.717, 1.165) is 18.4 Å². The number of hydrogen-bond donors (Lipinski definition) is 0. The third kappa shape index (κ3) is 3.93. The summed E-state index contributed by atoms with van der Waals surface area (Å²) in [5.41, 5.74) is 0.845. The summed E-state index contributed by atoms with van der Waals surface area (Å²) in [5.74, 6) is 1.25. The molecule has 7 nitrogen and oxygen atoms in total. The van der Waals surface area contributed by atoms with Crippen molar-refractivity contribution in [1.82, 2.24) is 9.80 Å². The van der Waals surface area contributed by atoms with Crippen molar-refractivity contribution in [3.63, 3.8) is 0 Å². The highest BCUT2D eigenvalue weighted by Gasteiger charge is 2.36. The third-order valence-corrected chi connectivity index (χ3v) is 4.98. The molecule has 2 heterocycles. The zero-order chi connectivity index (χ0) is 18.5. The average Bonchev–Trinajstić information content (AvgIpc) is 3.18. The molecule has 0 radical (unpaired) electrons. The van der Waals surface area contributed by atoms with Gasteiger partial charge in [-0.15, -0.1) is 0 Å². The van der Waals surface area contributed by atoms with Crippen molar-refractivity contribution in [2.45, 2.75) is 25.3 Å². The third-order valence-electron chi connectivity index (χ3n) is 4.98. The van der Waals surface area contributed by atoms with Crippen molar-refractivity contribution in [2.75, 3.05) is 47.1 Å². The predicted octanol–water partition coefficient (Wildman–Crippen LogP) is 1.10. The molecule has 0 bridgehead atoms. The van der Waals surface area contributed by atoms with Gasteiger partial charge in [0.05, 0.1) is 33.9 Å². The molecule has 1 aromatic rings. The van der Waals surface area contributed by atoms with Crippen LogP contribution < -0.4 is 9.47 Å². The van der Waals surface area contributed by atoms with Crippen LogP contribution in [0.4, 0.5) is 0 Å². The van der Waals surface area contributed by atoms with E-state index in [4.69, 9.17) is 14.2 Å². The Morgan fingerprint density at radius 3 is 2.54 bits per heavy atom. The smallest absolute Gasteiger partial charge is 0.245 e. The molecule has 2 aliphatic rings. The summed E-state index contributed by atoms with van der Waals surface area (Å²) in [4.78, 5) is 29.2. The topological polar surface area (TPSA) is 68.3 Å². The number of rotatable bonds is 5. The molecule has 142 valence electrons. The van der Waals surface area contributed by atoms with Crippen LogP contribution in [-0.2, 0) is 20.7 Å². The van der Waals surface area contributed by atoms with Crippen molar-refractivity contribution < 1.29 is 23.8 Å². The largest absolute Gasteiger partial charge is 0.493 e. The molecule has 0 saturated carbocycles. The first-order chi connectivity index (χ1) is 12.6. The Morgan fingerprint density at radius 2 is 1.85 bits per heavy atom. The molecule has 2 aliphatic heterocycles. The normalized spacial score (nSPS) is 20.2. The molecule has 2 saturated heterocycles. The van der Waals surface area contributed by atoms with Crippen molar-refractivity contribution in [3.8, 4) is 11.5 Å². The van der Waals surface area contributed by atoms with Crippen LogP contribution in [-0.4, -0.2) is 74.7 Å². The summed E-state index contributed by atoms with van der Waals surface area (Å²) in [6, 6.07) is 5.11. The van der Waals surface area contributed by atoms with Crippen LogP contribution in [0.2, 0.25) is 0 Å². The second-order valence-corrected chi connectivity index (χ2v) is 6.55. The van der Waals surface area contributed by atoms with E-state index in [0.29, 0.717) is 44.3 Å². The molecule has 0 unspecified atom stereocenters.